The first-order valence-corrected chi connectivity index (χ1v) is 3.08. The quantitative estimate of drug-likeness (QED) is 0.561. The van der Waals surface area contributed by atoms with E-state index in [0.29, 0.717) is 5.88 Å². The Labute approximate surface area is 49.3 Å². The summed E-state index contributed by atoms with van der Waals surface area (Å²) in [5.41, 5.74) is 0. The van der Waals surface area contributed by atoms with Crippen LogP contribution in [-0.2, 0) is 0 Å². The smallest absolute Gasteiger partial charge is 0.0675 e. The van der Waals surface area contributed by atoms with Gasteiger partial charge >= 0.3 is 0 Å². The molecule has 0 aromatic carbocycles. The molecule has 44 valence electrons. The van der Waals surface area contributed by atoms with Gasteiger partial charge in [0.1, 0.15) is 0 Å². The van der Waals surface area contributed by atoms with E-state index < -0.39 is 0 Å². The van der Waals surface area contributed by atoms with Crippen LogP contribution in [0.2, 0.25) is 0 Å². The van der Waals surface area contributed by atoms with Gasteiger partial charge < -0.3 is 5.11 Å². The third kappa shape index (κ3) is 4.10. The largest absolute Gasteiger partial charge is 0.392 e. The van der Waals surface area contributed by atoms with Crippen LogP contribution in [0.15, 0.2) is 0 Å². The SMILES string of the molecule is CCC[C@H](O)CCl. The fourth-order valence-corrected chi connectivity index (χ4v) is 0.565. The van der Waals surface area contributed by atoms with Crippen LogP contribution < -0.4 is 0 Å². The van der Waals surface area contributed by atoms with Crippen molar-refractivity contribution in [3.05, 3.63) is 0 Å². The minimum absolute atomic E-state index is 0.285. The molecule has 7 heavy (non-hydrogen) atoms. The molecule has 1 atom stereocenters. The van der Waals surface area contributed by atoms with E-state index >= 15 is 0 Å². The van der Waals surface area contributed by atoms with Gasteiger partial charge in [0.25, 0.3) is 0 Å². The lowest BCUT2D eigenvalue weighted by molar-refractivity contribution is 0.187. The highest BCUT2D eigenvalue weighted by Gasteiger charge is 1.96. The molecule has 0 aromatic rings. The van der Waals surface area contributed by atoms with Crippen LogP contribution in [0.5, 0.6) is 0 Å². The molecule has 0 saturated carbocycles. The molecular weight excluding hydrogens is 112 g/mol. The maximum atomic E-state index is 8.73. The van der Waals surface area contributed by atoms with Gasteiger partial charge in [0.15, 0.2) is 0 Å². The van der Waals surface area contributed by atoms with Crippen LogP contribution in [0, 0.1) is 0 Å². The fraction of sp³-hybridized carbons (Fsp3) is 1.00. The lowest BCUT2D eigenvalue weighted by atomic mass is 10.2. The van der Waals surface area contributed by atoms with Gasteiger partial charge in [0, 0.05) is 5.88 Å². The topological polar surface area (TPSA) is 20.2 Å². The van der Waals surface area contributed by atoms with E-state index in [4.69, 9.17) is 16.7 Å². The molecule has 1 N–H and O–H groups in total. The lowest BCUT2D eigenvalue weighted by Gasteiger charge is -2.00. The number of halogens is 1. The van der Waals surface area contributed by atoms with Gasteiger partial charge in [-0.15, -0.1) is 11.6 Å². The third-order valence-corrected chi connectivity index (χ3v) is 1.16. The predicted octanol–water partition coefficient (Wildman–Crippen LogP) is 1.39. The molecular formula is C5H11ClO. The molecule has 0 rings (SSSR count). The summed E-state index contributed by atoms with van der Waals surface area (Å²) in [7, 11) is 0. The molecule has 2 heteroatoms. The highest BCUT2D eigenvalue weighted by molar-refractivity contribution is 6.18. The predicted molar refractivity (Wildman–Crippen MR) is 31.6 cm³/mol. The average molecular weight is 123 g/mol. The van der Waals surface area contributed by atoms with Crippen LogP contribution in [0.4, 0.5) is 0 Å². The van der Waals surface area contributed by atoms with Crippen molar-refractivity contribution in [2.45, 2.75) is 25.9 Å². The van der Waals surface area contributed by atoms with Crippen molar-refractivity contribution in [3.63, 3.8) is 0 Å². The van der Waals surface area contributed by atoms with Gasteiger partial charge in [-0.2, -0.15) is 0 Å². The number of rotatable bonds is 3. The van der Waals surface area contributed by atoms with Crippen molar-refractivity contribution < 1.29 is 5.11 Å². The first kappa shape index (κ1) is 7.25. The molecule has 0 amide bonds. The van der Waals surface area contributed by atoms with Crippen LogP contribution in [0.3, 0.4) is 0 Å². The standard InChI is InChI=1S/C5H11ClO/c1-2-3-5(7)4-6/h5,7H,2-4H2,1H3/t5-/m0/s1. The normalized spacial score (nSPS) is 14.1. The van der Waals surface area contributed by atoms with Crippen LogP contribution >= 0.6 is 11.6 Å². The van der Waals surface area contributed by atoms with Crippen LogP contribution in [-0.4, -0.2) is 17.1 Å². The minimum atomic E-state index is -0.285. The summed E-state index contributed by atoms with van der Waals surface area (Å²) in [6.07, 6.45) is 1.55. The molecule has 0 aliphatic heterocycles. The summed E-state index contributed by atoms with van der Waals surface area (Å²) in [4.78, 5) is 0. The van der Waals surface area contributed by atoms with Crippen LogP contribution in [0.25, 0.3) is 0 Å². The van der Waals surface area contributed by atoms with Crippen molar-refractivity contribution >= 4 is 11.6 Å². The Bertz CT molecular complexity index is 39.1. The Hall–Kier alpha value is 0.250. The molecule has 0 aliphatic carbocycles. The second kappa shape index (κ2) is 4.41. The number of hydrogen-bond donors (Lipinski definition) is 1. The summed E-state index contributed by atoms with van der Waals surface area (Å²) in [5.74, 6) is 0.369. The van der Waals surface area contributed by atoms with Crippen molar-refractivity contribution in [1.82, 2.24) is 0 Å². The van der Waals surface area contributed by atoms with Gasteiger partial charge in [-0.25, -0.2) is 0 Å². The highest BCUT2D eigenvalue weighted by Crippen LogP contribution is 1.96. The molecule has 0 saturated heterocycles. The summed E-state index contributed by atoms with van der Waals surface area (Å²) in [5, 5.41) is 8.73. The summed E-state index contributed by atoms with van der Waals surface area (Å²) in [6.45, 7) is 2.02. The first-order chi connectivity index (χ1) is 3.31. The Morgan fingerprint density at radius 1 is 1.71 bits per heavy atom. The van der Waals surface area contributed by atoms with Gasteiger partial charge in [0.2, 0.25) is 0 Å². The zero-order chi connectivity index (χ0) is 5.70. The van der Waals surface area contributed by atoms with Crippen molar-refractivity contribution in [1.29, 1.82) is 0 Å². The van der Waals surface area contributed by atoms with E-state index in [9.17, 15) is 0 Å². The molecule has 0 heterocycles. The maximum Gasteiger partial charge on any atom is 0.0675 e. The Morgan fingerprint density at radius 2 is 2.29 bits per heavy atom. The Kier molecular flexibility index (Phi) is 4.57. The Balaban J connectivity index is 2.83. The van der Waals surface area contributed by atoms with Crippen molar-refractivity contribution in [2.24, 2.45) is 0 Å². The first-order valence-electron chi connectivity index (χ1n) is 2.55. The van der Waals surface area contributed by atoms with E-state index in [1.807, 2.05) is 6.92 Å². The van der Waals surface area contributed by atoms with Crippen molar-refractivity contribution in [2.75, 3.05) is 5.88 Å². The van der Waals surface area contributed by atoms with E-state index in [2.05, 4.69) is 0 Å². The third-order valence-electron chi connectivity index (χ3n) is 0.800. The molecule has 0 spiro atoms. The summed E-state index contributed by atoms with van der Waals surface area (Å²) < 4.78 is 0. The average Bonchev–Trinajstić information content (AvgIpc) is 1.68. The summed E-state index contributed by atoms with van der Waals surface area (Å²) in [6, 6.07) is 0. The molecule has 0 aliphatic rings. The molecule has 0 radical (unpaired) electrons. The van der Waals surface area contributed by atoms with Gasteiger partial charge in [0.05, 0.1) is 6.10 Å². The molecule has 0 aromatic heterocycles. The zero-order valence-corrected chi connectivity index (χ0v) is 5.28. The Morgan fingerprint density at radius 3 is 2.43 bits per heavy atom. The van der Waals surface area contributed by atoms with Gasteiger partial charge in [-0.1, -0.05) is 13.3 Å². The minimum Gasteiger partial charge on any atom is -0.392 e. The highest BCUT2D eigenvalue weighted by atomic mass is 35.5. The second-order valence-corrected chi connectivity index (χ2v) is 1.91. The number of aliphatic hydroxyl groups is 1. The van der Waals surface area contributed by atoms with Crippen molar-refractivity contribution in [3.8, 4) is 0 Å². The molecule has 0 bridgehead atoms. The summed E-state index contributed by atoms with van der Waals surface area (Å²) >= 11 is 5.28. The molecule has 0 unspecified atom stereocenters. The second-order valence-electron chi connectivity index (χ2n) is 1.60. The van der Waals surface area contributed by atoms with E-state index in [1.165, 1.54) is 0 Å². The number of aliphatic hydroxyl groups excluding tert-OH is 1. The number of hydrogen-bond acceptors (Lipinski definition) is 1. The number of alkyl halides is 1. The maximum absolute atomic E-state index is 8.73. The van der Waals surface area contributed by atoms with E-state index in [1.54, 1.807) is 0 Å². The molecule has 0 fully saturated rings. The zero-order valence-electron chi connectivity index (χ0n) is 4.52. The monoisotopic (exact) mass is 122 g/mol. The lowest BCUT2D eigenvalue weighted by Crippen LogP contribution is -2.06. The van der Waals surface area contributed by atoms with E-state index in [-0.39, 0.29) is 6.10 Å². The van der Waals surface area contributed by atoms with Crippen LogP contribution in [0.1, 0.15) is 19.8 Å². The molecule has 1 nitrogen and oxygen atoms in total. The van der Waals surface area contributed by atoms with Gasteiger partial charge in [-0.3, -0.25) is 0 Å². The van der Waals surface area contributed by atoms with Gasteiger partial charge in [-0.05, 0) is 6.42 Å². The fourth-order valence-electron chi connectivity index (χ4n) is 0.410. The van der Waals surface area contributed by atoms with E-state index in [0.717, 1.165) is 12.8 Å².